The molecule has 1 N–H and O–H groups in total. The topological polar surface area (TPSA) is 103 Å². The van der Waals surface area contributed by atoms with Gasteiger partial charge in [-0.3, -0.25) is 9.78 Å². The molecule has 1 aromatic carbocycles. The molecule has 7 nitrogen and oxygen atoms in total. The maximum absolute atomic E-state index is 12.8. The van der Waals surface area contributed by atoms with E-state index in [9.17, 15) is 18.5 Å². The Morgan fingerprint density at radius 2 is 1.86 bits per heavy atom. The van der Waals surface area contributed by atoms with Crippen molar-refractivity contribution in [3.8, 4) is 6.07 Å². The van der Waals surface area contributed by atoms with Gasteiger partial charge in [0.2, 0.25) is 10.0 Å². The van der Waals surface area contributed by atoms with E-state index in [1.54, 1.807) is 36.7 Å². The van der Waals surface area contributed by atoms with Crippen molar-refractivity contribution in [2.24, 2.45) is 0 Å². The van der Waals surface area contributed by atoms with E-state index in [0.29, 0.717) is 24.3 Å². The molecule has 0 atom stereocenters. The molecule has 8 heteroatoms. The second kappa shape index (κ2) is 8.78. The van der Waals surface area contributed by atoms with Crippen LogP contribution in [0.15, 0.2) is 59.3 Å². The molecule has 0 radical (unpaired) electrons. The second-order valence-corrected chi connectivity index (χ2v) is 8.33. The van der Waals surface area contributed by atoms with Gasteiger partial charge in [-0.05, 0) is 54.8 Å². The zero-order valence-electron chi connectivity index (χ0n) is 15.2. The lowest BCUT2D eigenvalue weighted by atomic mass is 10.1. The zero-order chi connectivity index (χ0) is 20.0. The number of hydrogen-bond acceptors (Lipinski definition) is 5. The Labute approximate surface area is 164 Å². The predicted octanol–water partition coefficient (Wildman–Crippen LogP) is 2.80. The fourth-order valence-electron chi connectivity index (χ4n) is 2.96. The summed E-state index contributed by atoms with van der Waals surface area (Å²) in [7, 11) is -3.60. The molecule has 2 heterocycles. The van der Waals surface area contributed by atoms with Gasteiger partial charge < -0.3 is 5.32 Å². The Hall–Kier alpha value is -3.02. The fourth-order valence-corrected chi connectivity index (χ4v) is 4.53. The van der Waals surface area contributed by atoms with Crippen molar-refractivity contribution in [2.45, 2.75) is 24.2 Å². The zero-order valence-corrected chi connectivity index (χ0v) is 16.0. The van der Waals surface area contributed by atoms with Gasteiger partial charge in [0, 0.05) is 31.2 Å². The lowest BCUT2D eigenvalue weighted by molar-refractivity contribution is -0.112. The average Bonchev–Trinajstić information content (AvgIpc) is 2.73. The third-order valence-corrected chi connectivity index (χ3v) is 6.32. The molecule has 0 aliphatic carbocycles. The number of carbonyl (C=O) groups excluding carboxylic acids is 1. The van der Waals surface area contributed by atoms with Gasteiger partial charge in [0.25, 0.3) is 5.91 Å². The molecular weight excluding hydrogens is 376 g/mol. The van der Waals surface area contributed by atoms with Gasteiger partial charge in [-0.15, -0.1) is 0 Å². The predicted molar refractivity (Wildman–Crippen MR) is 106 cm³/mol. The van der Waals surface area contributed by atoms with Crippen LogP contribution >= 0.6 is 0 Å². The van der Waals surface area contributed by atoms with E-state index < -0.39 is 15.9 Å². The number of amides is 1. The minimum atomic E-state index is -3.60. The number of aromatic nitrogens is 1. The van der Waals surface area contributed by atoms with Gasteiger partial charge in [-0.2, -0.15) is 9.57 Å². The SMILES string of the molecule is N#C/C(=C/c1ccncc1)C(=O)Nc1cccc(S(=O)(=O)N2CCCCC2)c1. The number of sulfonamides is 1. The van der Waals surface area contributed by atoms with Crippen molar-refractivity contribution >= 4 is 27.7 Å². The van der Waals surface area contributed by atoms with Crippen LogP contribution in [0.1, 0.15) is 24.8 Å². The van der Waals surface area contributed by atoms with Crippen LogP contribution in [0.5, 0.6) is 0 Å². The Kier molecular flexibility index (Phi) is 6.19. The average molecular weight is 396 g/mol. The lowest BCUT2D eigenvalue weighted by Crippen LogP contribution is -2.35. The smallest absolute Gasteiger partial charge is 0.266 e. The summed E-state index contributed by atoms with van der Waals surface area (Å²) in [5, 5.41) is 11.9. The van der Waals surface area contributed by atoms with Gasteiger partial charge in [0.15, 0.2) is 0 Å². The van der Waals surface area contributed by atoms with Crippen LogP contribution in [0.4, 0.5) is 5.69 Å². The molecule has 0 saturated carbocycles. The van der Waals surface area contributed by atoms with Gasteiger partial charge in [-0.1, -0.05) is 12.5 Å². The molecule has 0 unspecified atom stereocenters. The van der Waals surface area contributed by atoms with Crippen LogP contribution in [0, 0.1) is 11.3 Å². The van der Waals surface area contributed by atoms with E-state index >= 15 is 0 Å². The normalized spacial score (nSPS) is 15.6. The summed E-state index contributed by atoms with van der Waals surface area (Å²) in [5.41, 5.74) is 0.901. The summed E-state index contributed by atoms with van der Waals surface area (Å²) in [5.74, 6) is -0.605. The van der Waals surface area contributed by atoms with Gasteiger partial charge in [0.05, 0.1) is 4.90 Å². The van der Waals surface area contributed by atoms with E-state index in [0.717, 1.165) is 19.3 Å². The fraction of sp³-hybridized carbons (Fsp3) is 0.250. The number of rotatable bonds is 5. The molecule has 1 aliphatic heterocycles. The molecule has 1 aromatic heterocycles. The minimum Gasteiger partial charge on any atom is -0.321 e. The number of pyridine rings is 1. The van der Waals surface area contributed by atoms with Crippen molar-refractivity contribution in [1.29, 1.82) is 5.26 Å². The summed E-state index contributed by atoms with van der Waals surface area (Å²) in [6.45, 7) is 1.01. The summed E-state index contributed by atoms with van der Waals surface area (Å²) in [4.78, 5) is 16.5. The van der Waals surface area contributed by atoms with Crippen molar-refractivity contribution in [2.75, 3.05) is 18.4 Å². The third-order valence-electron chi connectivity index (χ3n) is 4.43. The third kappa shape index (κ3) is 4.63. The Balaban J connectivity index is 1.79. The summed E-state index contributed by atoms with van der Waals surface area (Å²) in [6, 6.07) is 11.3. The van der Waals surface area contributed by atoms with Gasteiger partial charge >= 0.3 is 0 Å². The van der Waals surface area contributed by atoms with E-state index in [4.69, 9.17) is 0 Å². The largest absolute Gasteiger partial charge is 0.321 e. The highest BCUT2D eigenvalue weighted by molar-refractivity contribution is 7.89. The molecule has 0 spiro atoms. The van der Waals surface area contributed by atoms with Crippen LogP contribution in [0.25, 0.3) is 6.08 Å². The number of piperidine rings is 1. The molecule has 0 bridgehead atoms. The number of nitrogens with one attached hydrogen (secondary N) is 1. The van der Waals surface area contributed by atoms with E-state index in [1.807, 2.05) is 6.07 Å². The second-order valence-electron chi connectivity index (χ2n) is 6.40. The molecular formula is C20H20N4O3S. The highest BCUT2D eigenvalue weighted by Crippen LogP contribution is 2.23. The molecule has 144 valence electrons. The van der Waals surface area contributed by atoms with Crippen molar-refractivity contribution < 1.29 is 13.2 Å². The number of benzene rings is 1. The lowest BCUT2D eigenvalue weighted by Gasteiger charge is -2.26. The van der Waals surface area contributed by atoms with Crippen LogP contribution < -0.4 is 5.32 Å². The molecule has 1 amide bonds. The first-order chi connectivity index (χ1) is 13.5. The van der Waals surface area contributed by atoms with Crippen LogP contribution in [0.3, 0.4) is 0 Å². The van der Waals surface area contributed by atoms with Crippen LogP contribution in [-0.2, 0) is 14.8 Å². The quantitative estimate of drug-likeness (QED) is 0.618. The monoisotopic (exact) mass is 396 g/mol. The number of nitriles is 1. The van der Waals surface area contributed by atoms with Gasteiger partial charge in [0.1, 0.15) is 11.6 Å². The first-order valence-corrected chi connectivity index (χ1v) is 10.4. The first kappa shape index (κ1) is 19.7. The molecule has 1 aliphatic rings. The van der Waals surface area contributed by atoms with E-state index in [1.165, 1.54) is 22.5 Å². The molecule has 3 rings (SSSR count). The minimum absolute atomic E-state index is 0.0875. The van der Waals surface area contributed by atoms with Crippen LogP contribution in [-0.4, -0.2) is 36.7 Å². The maximum Gasteiger partial charge on any atom is 0.266 e. The number of anilines is 1. The highest BCUT2D eigenvalue weighted by Gasteiger charge is 2.26. The molecule has 28 heavy (non-hydrogen) atoms. The molecule has 2 aromatic rings. The Morgan fingerprint density at radius 3 is 2.54 bits per heavy atom. The summed E-state index contributed by atoms with van der Waals surface area (Å²) >= 11 is 0. The van der Waals surface area contributed by atoms with Crippen molar-refractivity contribution in [3.05, 3.63) is 59.9 Å². The maximum atomic E-state index is 12.8. The molecule has 1 fully saturated rings. The van der Waals surface area contributed by atoms with Crippen molar-refractivity contribution in [3.63, 3.8) is 0 Å². The van der Waals surface area contributed by atoms with Crippen LogP contribution in [0.2, 0.25) is 0 Å². The number of carbonyl (C=O) groups is 1. The first-order valence-electron chi connectivity index (χ1n) is 8.94. The van der Waals surface area contributed by atoms with Crippen molar-refractivity contribution in [1.82, 2.24) is 9.29 Å². The Morgan fingerprint density at radius 1 is 1.14 bits per heavy atom. The number of hydrogen-bond donors (Lipinski definition) is 1. The van der Waals surface area contributed by atoms with E-state index in [-0.39, 0.29) is 10.5 Å². The Bertz CT molecular complexity index is 1020. The van der Waals surface area contributed by atoms with Gasteiger partial charge in [-0.25, -0.2) is 8.42 Å². The highest BCUT2D eigenvalue weighted by atomic mass is 32.2. The summed E-state index contributed by atoms with van der Waals surface area (Å²) < 4.78 is 27.1. The van der Waals surface area contributed by atoms with E-state index in [2.05, 4.69) is 10.3 Å². The number of nitrogens with zero attached hydrogens (tertiary/aromatic N) is 3. The molecule has 1 saturated heterocycles. The standard InChI is InChI=1S/C20H20N4O3S/c21-15-17(13-16-7-9-22-10-8-16)20(25)23-18-5-4-6-19(14-18)28(26,27)24-11-2-1-3-12-24/h4-10,13-14H,1-3,11-12H2,(H,23,25)/b17-13-. The summed E-state index contributed by atoms with van der Waals surface area (Å²) in [6.07, 6.45) is 7.30.